The molecule has 0 aliphatic rings. The summed E-state index contributed by atoms with van der Waals surface area (Å²) in [5, 5.41) is 4.81. The van der Waals surface area contributed by atoms with Gasteiger partial charge in [-0.3, -0.25) is 9.20 Å². The van der Waals surface area contributed by atoms with Crippen LogP contribution < -0.4 is 11.1 Å². The van der Waals surface area contributed by atoms with Gasteiger partial charge in [-0.1, -0.05) is 19.1 Å². The summed E-state index contributed by atoms with van der Waals surface area (Å²) in [5.41, 5.74) is 8.38. The number of carbonyl (C=O) groups excluding carboxylic acids is 1. The highest BCUT2D eigenvalue weighted by Crippen LogP contribution is 2.23. The molecule has 0 fully saturated rings. The fraction of sp³-hybridized carbons (Fsp3) is 0.200. The summed E-state index contributed by atoms with van der Waals surface area (Å²) in [6.45, 7) is 1.89. The van der Waals surface area contributed by atoms with Crippen molar-refractivity contribution < 1.29 is 4.79 Å². The molecule has 0 saturated carbocycles. The van der Waals surface area contributed by atoms with E-state index in [0.717, 1.165) is 21.9 Å². The molecule has 6 heteroatoms. The van der Waals surface area contributed by atoms with Gasteiger partial charge in [-0.15, -0.1) is 11.3 Å². The van der Waals surface area contributed by atoms with Gasteiger partial charge in [-0.25, -0.2) is 4.98 Å². The largest absolute Gasteiger partial charge is 0.325 e. The number of amides is 1. The zero-order chi connectivity index (χ0) is 14.8. The van der Waals surface area contributed by atoms with Crippen molar-refractivity contribution in [1.82, 2.24) is 9.38 Å². The standard InChI is InChI=1S/C15H16N4OS/c1-2-12(16)14(20)17-11-5-3-10(4-6-11)13-9-19-7-8-21-15(19)18-13/h3-9,12H,2,16H2,1H3,(H,17,20). The van der Waals surface area contributed by atoms with E-state index in [0.29, 0.717) is 6.42 Å². The van der Waals surface area contributed by atoms with E-state index in [1.807, 2.05) is 53.4 Å². The van der Waals surface area contributed by atoms with E-state index in [1.54, 1.807) is 11.3 Å². The zero-order valence-electron chi connectivity index (χ0n) is 11.6. The Morgan fingerprint density at radius 2 is 2.19 bits per heavy atom. The number of nitrogens with one attached hydrogen (secondary N) is 1. The quantitative estimate of drug-likeness (QED) is 0.778. The zero-order valence-corrected chi connectivity index (χ0v) is 12.4. The third-order valence-electron chi connectivity index (χ3n) is 3.32. The van der Waals surface area contributed by atoms with Crippen LogP contribution >= 0.6 is 11.3 Å². The van der Waals surface area contributed by atoms with Gasteiger partial charge in [0.05, 0.1) is 11.7 Å². The van der Waals surface area contributed by atoms with Gasteiger partial charge in [0, 0.05) is 29.0 Å². The van der Waals surface area contributed by atoms with Crippen molar-refractivity contribution in [3.05, 3.63) is 42.0 Å². The number of rotatable bonds is 4. The van der Waals surface area contributed by atoms with Crippen LogP contribution in [0.2, 0.25) is 0 Å². The van der Waals surface area contributed by atoms with E-state index in [4.69, 9.17) is 5.73 Å². The molecule has 0 aliphatic heterocycles. The second-order valence-corrected chi connectivity index (χ2v) is 5.67. The van der Waals surface area contributed by atoms with Gasteiger partial charge in [0.2, 0.25) is 5.91 Å². The predicted octanol–water partition coefficient (Wildman–Crippen LogP) is 2.74. The number of carbonyl (C=O) groups is 1. The lowest BCUT2D eigenvalue weighted by atomic mass is 10.1. The molecule has 21 heavy (non-hydrogen) atoms. The Labute approximate surface area is 126 Å². The third kappa shape index (κ3) is 2.81. The highest BCUT2D eigenvalue weighted by molar-refractivity contribution is 7.15. The number of nitrogens with two attached hydrogens (primary N) is 1. The fourth-order valence-electron chi connectivity index (χ4n) is 2.01. The van der Waals surface area contributed by atoms with Crippen molar-refractivity contribution in [3.8, 4) is 11.3 Å². The molecular weight excluding hydrogens is 284 g/mol. The third-order valence-corrected chi connectivity index (χ3v) is 4.09. The lowest BCUT2D eigenvalue weighted by Gasteiger charge is -2.10. The van der Waals surface area contributed by atoms with Crippen molar-refractivity contribution in [2.24, 2.45) is 5.73 Å². The second kappa shape index (κ2) is 5.67. The van der Waals surface area contributed by atoms with Gasteiger partial charge in [-0.05, 0) is 18.6 Å². The molecule has 0 aliphatic carbocycles. The van der Waals surface area contributed by atoms with Crippen LogP contribution in [0.15, 0.2) is 42.0 Å². The number of benzene rings is 1. The molecule has 1 atom stereocenters. The van der Waals surface area contributed by atoms with Crippen LogP contribution in [0, 0.1) is 0 Å². The van der Waals surface area contributed by atoms with Gasteiger partial charge in [0.15, 0.2) is 4.96 Å². The molecule has 0 radical (unpaired) electrons. The molecule has 2 heterocycles. The van der Waals surface area contributed by atoms with Crippen LogP contribution in [0.5, 0.6) is 0 Å². The van der Waals surface area contributed by atoms with Crippen LogP contribution in [0.4, 0.5) is 5.69 Å². The summed E-state index contributed by atoms with van der Waals surface area (Å²) in [7, 11) is 0. The molecule has 5 nitrogen and oxygen atoms in total. The number of thiazole rings is 1. The summed E-state index contributed by atoms with van der Waals surface area (Å²) in [5.74, 6) is -0.159. The van der Waals surface area contributed by atoms with Crippen molar-refractivity contribution >= 4 is 27.9 Å². The molecule has 3 aromatic rings. The minimum absolute atomic E-state index is 0.159. The lowest BCUT2D eigenvalue weighted by molar-refractivity contribution is -0.117. The van der Waals surface area contributed by atoms with Gasteiger partial charge in [0.25, 0.3) is 0 Å². The number of hydrogen-bond acceptors (Lipinski definition) is 4. The van der Waals surface area contributed by atoms with Gasteiger partial charge in [-0.2, -0.15) is 0 Å². The Morgan fingerprint density at radius 3 is 2.86 bits per heavy atom. The molecule has 1 amide bonds. The summed E-state index contributed by atoms with van der Waals surface area (Å²) in [6, 6.07) is 7.15. The van der Waals surface area contributed by atoms with E-state index >= 15 is 0 Å². The smallest absolute Gasteiger partial charge is 0.241 e. The first-order chi connectivity index (χ1) is 10.2. The van der Waals surface area contributed by atoms with Crippen LogP contribution in [0.25, 0.3) is 16.2 Å². The number of hydrogen-bond donors (Lipinski definition) is 2. The van der Waals surface area contributed by atoms with Crippen LogP contribution in [0.3, 0.4) is 0 Å². The Bertz CT molecular complexity index is 731. The molecule has 1 unspecified atom stereocenters. The van der Waals surface area contributed by atoms with E-state index in [9.17, 15) is 4.79 Å². The van der Waals surface area contributed by atoms with Crippen molar-refractivity contribution in [3.63, 3.8) is 0 Å². The van der Waals surface area contributed by atoms with Crippen molar-refractivity contribution in [1.29, 1.82) is 0 Å². The first kappa shape index (κ1) is 13.8. The molecule has 0 spiro atoms. The predicted molar refractivity (Wildman–Crippen MR) is 85.4 cm³/mol. The molecule has 108 valence electrons. The monoisotopic (exact) mass is 300 g/mol. The van der Waals surface area contributed by atoms with E-state index < -0.39 is 6.04 Å². The summed E-state index contributed by atoms with van der Waals surface area (Å²) in [6.07, 6.45) is 4.60. The average molecular weight is 300 g/mol. The summed E-state index contributed by atoms with van der Waals surface area (Å²) < 4.78 is 2.00. The maximum Gasteiger partial charge on any atom is 0.241 e. The summed E-state index contributed by atoms with van der Waals surface area (Å²) >= 11 is 1.60. The molecule has 3 N–H and O–H groups in total. The van der Waals surface area contributed by atoms with Gasteiger partial charge < -0.3 is 11.1 Å². The maximum absolute atomic E-state index is 11.7. The first-order valence-electron chi connectivity index (χ1n) is 6.76. The Morgan fingerprint density at radius 1 is 1.43 bits per heavy atom. The van der Waals surface area contributed by atoms with E-state index in [2.05, 4.69) is 10.3 Å². The maximum atomic E-state index is 11.7. The van der Waals surface area contributed by atoms with Crippen molar-refractivity contribution in [2.75, 3.05) is 5.32 Å². The topological polar surface area (TPSA) is 72.4 Å². The normalized spacial score (nSPS) is 12.5. The Kier molecular flexibility index (Phi) is 3.72. The second-order valence-electron chi connectivity index (χ2n) is 4.80. The Balaban J connectivity index is 1.77. The minimum Gasteiger partial charge on any atom is -0.325 e. The Hall–Kier alpha value is -2.18. The van der Waals surface area contributed by atoms with Gasteiger partial charge >= 0.3 is 0 Å². The van der Waals surface area contributed by atoms with Crippen molar-refractivity contribution in [2.45, 2.75) is 19.4 Å². The number of fused-ring (bicyclic) bond motifs is 1. The van der Waals surface area contributed by atoms with Crippen LogP contribution in [-0.4, -0.2) is 21.3 Å². The minimum atomic E-state index is -0.468. The van der Waals surface area contributed by atoms with Crippen LogP contribution in [0.1, 0.15) is 13.3 Å². The van der Waals surface area contributed by atoms with E-state index in [-0.39, 0.29) is 5.91 Å². The lowest BCUT2D eigenvalue weighted by Crippen LogP contribution is -2.34. The van der Waals surface area contributed by atoms with E-state index in [1.165, 1.54) is 0 Å². The molecule has 1 aromatic carbocycles. The summed E-state index contributed by atoms with van der Waals surface area (Å²) in [4.78, 5) is 17.2. The molecule has 0 bridgehead atoms. The van der Waals surface area contributed by atoms with Crippen LogP contribution in [-0.2, 0) is 4.79 Å². The molecule has 3 rings (SSSR count). The SMILES string of the molecule is CCC(N)C(=O)Nc1ccc(-c2cn3ccsc3n2)cc1. The highest BCUT2D eigenvalue weighted by Gasteiger charge is 2.11. The average Bonchev–Trinajstić information content (AvgIpc) is 3.08. The number of aromatic nitrogens is 2. The number of imidazole rings is 1. The molecular formula is C15H16N4OS. The fourth-order valence-corrected chi connectivity index (χ4v) is 2.71. The van der Waals surface area contributed by atoms with Gasteiger partial charge in [0.1, 0.15) is 0 Å². The highest BCUT2D eigenvalue weighted by atomic mass is 32.1. The molecule has 2 aromatic heterocycles. The number of nitrogens with zero attached hydrogens (tertiary/aromatic N) is 2. The number of anilines is 1. The molecule has 0 saturated heterocycles. The first-order valence-corrected chi connectivity index (χ1v) is 7.64.